The second-order valence-corrected chi connectivity index (χ2v) is 9.45. The summed E-state index contributed by atoms with van der Waals surface area (Å²) >= 11 is 1.65. The molecule has 0 spiro atoms. The highest BCUT2D eigenvalue weighted by molar-refractivity contribution is 7.10. The first-order chi connectivity index (χ1) is 11.4. The molecule has 0 aliphatic heterocycles. The molecule has 6 heteroatoms. The van der Waals surface area contributed by atoms with Gasteiger partial charge in [-0.25, -0.2) is 4.79 Å². The zero-order valence-electron chi connectivity index (χ0n) is 16.4. The van der Waals surface area contributed by atoms with Crippen LogP contribution in [0.15, 0.2) is 17.5 Å². The molecule has 1 aromatic rings. The van der Waals surface area contributed by atoms with E-state index in [9.17, 15) is 9.59 Å². The van der Waals surface area contributed by atoms with Gasteiger partial charge >= 0.3 is 6.09 Å². The van der Waals surface area contributed by atoms with Crippen molar-refractivity contribution in [3.8, 4) is 0 Å². The van der Waals surface area contributed by atoms with Gasteiger partial charge in [0.1, 0.15) is 5.60 Å². The first-order valence-corrected chi connectivity index (χ1v) is 9.59. The number of carbonyl (C=O) groups is 2. The lowest BCUT2D eigenvalue weighted by Crippen LogP contribution is -2.39. The standard InChI is InChI=1S/C19H32N2O3S/c1-13(20-17(23)24-19(5,6)7)10-11-15(22)21-16(18(2,3)4)14-9-8-12-25-14/h8-9,12-13,16H,10-11H2,1-7H3,(H,20,23)(H,21,22)/t13-,16-/m1/s1. The molecular weight excluding hydrogens is 336 g/mol. The molecule has 0 unspecified atom stereocenters. The Hall–Kier alpha value is -1.56. The molecule has 0 fully saturated rings. The average Bonchev–Trinajstić information content (AvgIpc) is 2.92. The van der Waals surface area contributed by atoms with Crippen molar-refractivity contribution in [1.29, 1.82) is 0 Å². The summed E-state index contributed by atoms with van der Waals surface area (Å²) in [5.74, 6) is -0.00818. The Morgan fingerprint density at radius 3 is 2.28 bits per heavy atom. The van der Waals surface area contributed by atoms with E-state index in [0.29, 0.717) is 12.8 Å². The van der Waals surface area contributed by atoms with Crippen molar-refractivity contribution in [2.75, 3.05) is 0 Å². The van der Waals surface area contributed by atoms with Gasteiger partial charge < -0.3 is 15.4 Å². The second-order valence-electron chi connectivity index (χ2n) is 8.47. The maximum absolute atomic E-state index is 12.4. The predicted molar refractivity (Wildman–Crippen MR) is 103 cm³/mol. The molecule has 0 bridgehead atoms. The van der Waals surface area contributed by atoms with Crippen LogP contribution in [0, 0.1) is 5.41 Å². The fourth-order valence-corrected chi connectivity index (χ4v) is 3.35. The summed E-state index contributed by atoms with van der Waals surface area (Å²) in [6, 6.07) is 3.90. The Morgan fingerprint density at radius 1 is 1.16 bits per heavy atom. The van der Waals surface area contributed by atoms with Crippen molar-refractivity contribution >= 4 is 23.3 Å². The number of nitrogens with one attached hydrogen (secondary N) is 2. The molecule has 142 valence electrons. The van der Waals surface area contributed by atoms with Gasteiger partial charge in [-0.05, 0) is 51.0 Å². The highest BCUT2D eigenvalue weighted by Gasteiger charge is 2.28. The number of alkyl carbamates (subject to hydrolysis) is 1. The Kier molecular flexibility index (Phi) is 7.47. The number of hydrogen-bond acceptors (Lipinski definition) is 4. The van der Waals surface area contributed by atoms with Crippen molar-refractivity contribution in [3.63, 3.8) is 0 Å². The summed E-state index contributed by atoms with van der Waals surface area (Å²) in [5, 5.41) is 7.92. The van der Waals surface area contributed by atoms with Gasteiger partial charge in [0, 0.05) is 17.3 Å². The van der Waals surface area contributed by atoms with E-state index in [1.807, 2.05) is 45.2 Å². The summed E-state index contributed by atoms with van der Waals surface area (Å²) < 4.78 is 5.22. The van der Waals surface area contributed by atoms with E-state index >= 15 is 0 Å². The van der Waals surface area contributed by atoms with E-state index < -0.39 is 11.7 Å². The minimum absolute atomic E-state index is 0.00818. The molecule has 1 heterocycles. The molecule has 5 nitrogen and oxygen atoms in total. The molecule has 0 aromatic carbocycles. The zero-order valence-corrected chi connectivity index (χ0v) is 17.3. The van der Waals surface area contributed by atoms with Gasteiger partial charge in [0.05, 0.1) is 6.04 Å². The third kappa shape index (κ3) is 8.38. The van der Waals surface area contributed by atoms with Gasteiger partial charge in [-0.15, -0.1) is 11.3 Å². The van der Waals surface area contributed by atoms with Gasteiger partial charge in [0.15, 0.2) is 0 Å². The van der Waals surface area contributed by atoms with Crippen molar-refractivity contribution in [1.82, 2.24) is 10.6 Å². The topological polar surface area (TPSA) is 67.4 Å². The van der Waals surface area contributed by atoms with Crippen LogP contribution in [0.3, 0.4) is 0 Å². The number of amides is 2. The lowest BCUT2D eigenvalue weighted by Gasteiger charge is -2.31. The van der Waals surface area contributed by atoms with Crippen molar-refractivity contribution < 1.29 is 14.3 Å². The first kappa shape index (κ1) is 21.5. The Bertz CT molecular complexity index is 556. The summed E-state index contributed by atoms with van der Waals surface area (Å²) in [6.45, 7) is 13.7. The largest absolute Gasteiger partial charge is 0.444 e. The number of hydrogen-bond donors (Lipinski definition) is 2. The number of carbonyl (C=O) groups excluding carboxylic acids is 2. The number of ether oxygens (including phenoxy) is 1. The highest BCUT2D eigenvalue weighted by Crippen LogP contribution is 2.35. The van der Waals surface area contributed by atoms with Crippen LogP contribution in [0.25, 0.3) is 0 Å². The minimum Gasteiger partial charge on any atom is -0.444 e. The lowest BCUT2D eigenvalue weighted by atomic mass is 9.85. The van der Waals surface area contributed by atoms with Crippen LogP contribution in [0.2, 0.25) is 0 Å². The fourth-order valence-electron chi connectivity index (χ4n) is 2.33. The summed E-state index contributed by atoms with van der Waals surface area (Å²) in [6.07, 6.45) is 0.466. The predicted octanol–water partition coefficient (Wildman–Crippen LogP) is 4.64. The van der Waals surface area contributed by atoms with Crippen LogP contribution in [0.5, 0.6) is 0 Å². The molecule has 1 aromatic heterocycles. The Labute approximate surface area is 155 Å². The van der Waals surface area contributed by atoms with Gasteiger partial charge in [-0.1, -0.05) is 26.8 Å². The van der Waals surface area contributed by atoms with E-state index in [-0.39, 0.29) is 23.4 Å². The normalized spacial score (nSPS) is 14.5. The van der Waals surface area contributed by atoms with Crippen molar-refractivity contribution in [2.45, 2.75) is 79.0 Å². The number of rotatable bonds is 6. The number of thiophene rings is 1. The van der Waals surface area contributed by atoms with Crippen molar-refractivity contribution in [3.05, 3.63) is 22.4 Å². The molecule has 0 aliphatic rings. The Morgan fingerprint density at radius 2 is 1.80 bits per heavy atom. The van der Waals surface area contributed by atoms with Crippen LogP contribution in [-0.2, 0) is 9.53 Å². The summed E-state index contributed by atoms with van der Waals surface area (Å²) in [5.41, 5.74) is -0.595. The van der Waals surface area contributed by atoms with Gasteiger partial charge in [-0.3, -0.25) is 4.79 Å². The quantitative estimate of drug-likeness (QED) is 0.768. The lowest BCUT2D eigenvalue weighted by molar-refractivity contribution is -0.122. The van der Waals surface area contributed by atoms with E-state index in [1.54, 1.807) is 11.3 Å². The molecule has 25 heavy (non-hydrogen) atoms. The van der Waals surface area contributed by atoms with E-state index in [0.717, 1.165) is 4.88 Å². The summed E-state index contributed by atoms with van der Waals surface area (Å²) in [7, 11) is 0. The zero-order chi connectivity index (χ0) is 19.3. The van der Waals surface area contributed by atoms with E-state index in [2.05, 4.69) is 31.4 Å². The van der Waals surface area contributed by atoms with Gasteiger partial charge in [0.25, 0.3) is 0 Å². The second kappa shape index (κ2) is 8.70. The molecule has 0 radical (unpaired) electrons. The van der Waals surface area contributed by atoms with Gasteiger partial charge in [-0.2, -0.15) is 0 Å². The monoisotopic (exact) mass is 368 g/mol. The summed E-state index contributed by atoms with van der Waals surface area (Å²) in [4.78, 5) is 25.3. The van der Waals surface area contributed by atoms with Crippen LogP contribution >= 0.6 is 11.3 Å². The van der Waals surface area contributed by atoms with Gasteiger partial charge in [0.2, 0.25) is 5.91 Å². The van der Waals surface area contributed by atoms with Crippen molar-refractivity contribution in [2.24, 2.45) is 5.41 Å². The molecule has 2 N–H and O–H groups in total. The van der Waals surface area contributed by atoms with Crippen LogP contribution in [-0.4, -0.2) is 23.6 Å². The minimum atomic E-state index is -0.526. The van der Waals surface area contributed by atoms with Crippen LogP contribution < -0.4 is 10.6 Å². The molecule has 2 atom stereocenters. The van der Waals surface area contributed by atoms with Crippen LogP contribution in [0.4, 0.5) is 4.79 Å². The maximum Gasteiger partial charge on any atom is 0.407 e. The average molecular weight is 369 g/mol. The molecular formula is C19H32N2O3S. The third-order valence-corrected chi connectivity index (χ3v) is 4.50. The highest BCUT2D eigenvalue weighted by atomic mass is 32.1. The third-order valence-electron chi connectivity index (χ3n) is 3.57. The molecule has 0 aliphatic carbocycles. The molecule has 2 amide bonds. The molecule has 0 saturated carbocycles. The maximum atomic E-state index is 12.4. The first-order valence-electron chi connectivity index (χ1n) is 8.71. The SMILES string of the molecule is C[C@H](CCC(=O)N[C@H](c1cccs1)C(C)(C)C)NC(=O)OC(C)(C)C. The van der Waals surface area contributed by atoms with Crippen LogP contribution in [0.1, 0.15) is 72.2 Å². The molecule has 1 rings (SSSR count). The Balaban J connectivity index is 2.49. The van der Waals surface area contributed by atoms with E-state index in [4.69, 9.17) is 4.74 Å². The smallest absolute Gasteiger partial charge is 0.407 e. The van der Waals surface area contributed by atoms with E-state index in [1.165, 1.54) is 0 Å². The fraction of sp³-hybridized carbons (Fsp3) is 0.684. The molecule has 0 saturated heterocycles.